The number of aromatic nitrogens is 2. The summed E-state index contributed by atoms with van der Waals surface area (Å²) >= 11 is 0. The first kappa shape index (κ1) is 17.9. The van der Waals surface area contributed by atoms with Gasteiger partial charge in [0, 0.05) is 55.8 Å². The normalized spacial score (nSPS) is 14.6. The van der Waals surface area contributed by atoms with E-state index in [9.17, 15) is 9.59 Å². The fourth-order valence-corrected chi connectivity index (χ4v) is 3.27. The van der Waals surface area contributed by atoms with Gasteiger partial charge in [-0.15, -0.1) is 0 Å². The molecule has 0 saturated carbocycles. The molecule has 0 unspecified atom stereocenters. The van der Waals surface area contributed by atoms with Crippen LogP contribution in [0.5, 0.6) is 0 Å². The highest BCUT2D eigenvalue weighted by molar-refractivity contribution is 5.95. The van der Waals surface area contributed by atoms with Gasteiger partial charge in [0.1, 0.15) is 0 Å². The van der Waals surface area contributed by atoms with Crippen LogP contribution >= 0.6 is 0 Å². The van der Waals surface area contributed by atoms with Crippen molar-refractivity contribution < 1.29 is 14.1 Å². The summed E-state index contributed by atoms with van der Waals surface area (Å²) in [5, 5.41) is 3.93. The van der Waals surface area contributed by atoms with E-state index in [0.717, 1.165) is 12.0 Å². The number of nitrogens with zero attached hydrogens (tertiary/aromatic N) is 4. The van der Waals surface area contributed by atoms with Crippen LogP contribution in [-0.4, -0.2) is 57.9 Å². The fourth-order valence-electron chi connectivity index (χ4n) is 3.27. The minimum absolute atomic E-state index is 0.00445. The summed E-state index contributed by atoms with van der Waals surface area (Å²) in [6.45, 7) is 2.16. The predicted molar refractivity (Wildman–Crippen MR) is 103 cm³/mol. The second-order valence-electron chi connectivity index (χ2n) is 6.62. The summed E-state index contributed by atoms with van der Waals surface area (Å²) in [5.74, 6) is 0.315. The SMILES string of the molecule is O=C(c1ccccc1)N1CCCN(C(=O)c2cc(-c3cccnc3)on2)CC1. The second-order valence-corrected chi connectivity index (χ2v) is 6.62. The highest BCUT2D eigenvalue weighted by atomic mass is 16.5. The van der Waals surface area contributed by atoms with E-state index in [1.54, 1.807) is 34.3 Å². The second kappa shape index (κ2) is 8.04. The molecule has 2 amide bonds. The molecule has 1 aliphatic heterocycles. The Hall–Kier alpha value is -3.48. The summed E-state index contributed by atoms with van der Waals surface area (Å²) in [7, 11) is 0. The van der Waals surface area contributed by atoms with Gasteiger partial charge in [0.25, 0.3) is 11.8 Å². The van der Waals surface area contributed by atoms with Crippen LogP contribution in [0.15, 0.2) is 65.4 Å². The predicted octanol–water partition coefficient (Wildman–Crippen LogP) is 2.72. The Bertz CT molecular complexity index is 956. The summed E-state index contributed by atoms with van der Waals surface area (Å²) in [4.78, 5) is 33.0. The van der Waals surface area contributed by atoms with Gasteiger partial charge in [-0.1, -0.05) is 23.4 Å². The summed E-state index contributed by atoms with van der Waals surface area (Å²) in [6.07, 6.45) is 4.05. The first-order chi connectivity index (χ1) is 13.7. The molecule has 0 N–H and O–H groups in total. The van der Waals surface area contributed by atoms with Crippen molar-refractivity contribution in [2.75, 3.05) is 26.2 Å². The molecule has 1 saturated heterocycles. The molecule has 1 fully saturated rings. The molecule has 0 radical (unpaired) electrons. The van der Waals surface area contributed by atoms with E-state index in [2.05, 4.69) is 10.1 Å². The number of carbonyl (C=O) groups is 2. The maximum Gasteiger partial charge on any atom is 0.276 e. The summed E-state index contributed by atoms with van der Waals surface area (Å²) in [5.41, 5.74) is 1.70. The molecule has 1 aliphatic rings. The van der Waals surface area contributed by atoms with Gasteiger partial charge in [-0.25, -0.2) is 0 Å². The molecule has 28 heavy (non-hydrogen) atoms. The lowest BCUT2D eigenvalue weighted by molar-refractivity contribution is 0.0713. The van der Waals surface area contributed by atoms with Crippen LogP contribution in [0, 0.1) is 0 Å². The number of hydrogen-bond acceptors (Lipinski definition) is 5. The Morgan fingerprint density at radius 1 is 0.893 bits per heavy atom. The molecular weight excluding hydrogens is 356 g/mol. The molecule has 0 aliphatic carbocycles. The van der Waals surface area contributed by atoms with Crippen LogP contribution in [-0.2, 0) is 0 Å². The smallest absolute Gasteiger partial charge is 0.276 e. The average Bonchev–Trinajstić information content (AvgIpc) is 3.12. The van der Waals surface area contributed by atoms with E-state index in [0.29, 0.717) is 37.5 Å². The van der Waals surface area contributed by atoms with E-state index >= 15 is 0 Å². The van der Waals surface area contributed by atoms with Gasteiger partial charge in [0.2, 0.25) is 0 Å². The lowest BCUT2D eigenvalue weighted by Gasteiger charge is -2.21. The van der Waals surface area contributed by atoms with Crippen LogP contribution in [0.1, 0.15) is 27.3 Å². The maximum atomic E-state index is 12.8. The molecular formula is C21H20N4O3. The number of carbonyl (C=O) groups excluding carboxylic acids is 2. The van der Waals surface area contributed by atoms with Crippen molar-refractivity contribution in [1.82, 2.24) is 19.9 Å². The van der Waals surface area contributed by atoms with Crippen LogP contribution in [0.4, 0.5) is 0 Å². The third-order valence-electron chi connectivity index (χ3n) is 4.77. The highest BCUT2D eigenvalue weighted by Crippen LogP contribution is 2.20. The Kier molecular flexibility index (Phi) is 5.14. The standard InChI is InChI=1S/C21H20N4O3/c26-20(16-6-2-1-3-7-16)24-10-5-11-25(13-12-24)21(27)18-14-19(28-23-18)17-8-4-9-22-15-17/h1-4,6-9,14-15H,5,10-13H2. The molecule has 1 aromatic carbocycles. The Balaban J connectivity index is 1.42. The van der Waals surface area contributed by atoms with Crippen LogP contribution in [0.3, 0.4) is 0 Å². The maximum absolute atomic E-state index is 12.8. The van der Waals surface area contributed by atoms with Gasteiger partial charge in [0.15, 0.2) is 11.5 Å². The fraction of sp³-hybridized carbons (Fsp3) is 0.238. The van der Waals surface area contributed by atoms with Crippen molar-refractivity contribution in [3.05, 3.63) is 72.2 Å². The molecule has 7 heteroatoms. The minimum Gasteiger partial charge on any atom is -0.355 e. The number of pyridine rings is 1. The van der Waals surface area contributed by atoms with E-state index < -0.39 is 0 Å². The van der Waals surface area contributed by atoms with Crippen molar-refractivity contribution in [3.63, 3.8) is 0 Å². The minimum atomic E-state index is -0.187. The molecule has 0 atom stereocenters. The van der Waals surface area contributed by atoms with E-state index in [1.165, 1.54) is 0 Å². The third-order valence-corrected chi connectivity index (χ3v) is 4.77. The average molecular weight is 376 g/mol. The van der Waals surface area contributed by atoms with Crippen LogP contribution < -0.4 is 0 Å². The van der Waals surface area contributed by atoms with Crippen molar-refractivity contribution in [2.45, 2.75) is 6.42 Å². The number of rotatable bonds is 3. The Labute approximate surface area is 162 Å². The largest absolute Gasteiger partial charge is 0.355 e. The molecule has 3 heterocycles. The highest BCUT2D eigenvalue weighted by Gasteiger charge is 2.25. The van der Waals surface area contributed by atoms with Gasteiger partial charge >= 0.3 is 0 Å². The quantitative estimate of drug-likeness (QED) is 0.702. The van der Waals surface area contributed by atoms with Crippen LogP contribution in [0.2, 0.25) is 0 Å². The zero-order valence-electron chi connectivity index (χ0n) is 15.3. The first-order valence-corrected chi connectivity index (χ1v) is 9.23. The first-order valence-electron chi connectivity index (χ1n) is 9.23. The number of hydrogen-bond donors (Lipinski definition) is 0. The Morgan fingerprint density at radius 2 is 1.64 bits per heavy atom. The van der Waals surface area contributed by atoms with Gasteiger partial charge in [-0.2, -0.15) is 0 Å². The van der Waals surface area contributed by atoms with Crippen molar-refractivity contribution in [2.24, 2.45) is 0 Å². The van der Waals surface area contributed by atoms with Gasteiger partial charge in [0.05, 0.1) is 0 Å². The van der Waals surface area contributed by atoms with Crippen molar-refractivity contribution >= 4 is 11.8 Å². The zero-order chi connectivity index (χ0) is 19.3. The number of benzene rings is 1. The van der Waals surface area contributed by atoms with E-state index in [-0.39, 0.29) is 17.5 Å². The van der Waals surface area contributed by atoms with Crippen LogP contribution in [0.25, 0.3) is 11.3 Å². The molecule has 0 bridgehead atoms. The lowest BCUT2D eigenvalue weighted by Crippen LogP contribution is -2.37. The van der Waals surface area contributed by atoms with E-state index in [1.807, 2.05) is 36.4 Å². The lowest BCUT2D eigenvalue weighted by atomic mass is 10.2. The van der Waals surface area contributed by atoms with E-state index in [4.69, 9.17) is 4.52 Å². The molecule has 142 valence electrons. The summed E-state index contributed by atoms with van der Waals surface area (Å²) < 4.78 is 5.31. The molecule has 2 aromatic heterocycles. The molecule has 4 rings (SSSR count). The number of amides is 2. The topological polar surface area (TPSA) is 79.5 Å². The van der Waals surface area contributed by atoms with Gasteiger partial charge < -0.3 is 14.3 Å². The summed E-state index contributed by atoms with van der Waals surface area (Å²) in [6, 6.07) is 14.5. The van der Waals surface area contributed by atoms with Crippen molar-refractivity contribution in [1.29, 1.82) is 0 Å². The molecule has 3 aromatic rings. The molecule has 7 nitrogen and oxygen atoms in total. The van der Waals surface area contributed by atoms with Gasteiger partial charge in [-0.3, -0.25) is 14.6 Å². The third kappa shape index (κ3) is 3.78. The molecule has 0 spiro atoms. The zero-order valence-corrected chi connectivity index (χ0v) is 15.3. The Morgan fingerprint density at radius 3 is 2.36 bits per heavy atom. The van der Waals surface area contributed by atoms with Gasteiger partial charge in [-0.05, 0) is 30.7 Å². The van der Waals surface area contributed by atoms with Crippen molar-refractivity contribution in [3.8, 4) is 11.3 Å². The monoisotopic (exact) mass is 376 g/mol.